The lowest BCUT2D eigenvalue weighted by Gasteiger charge is -2.04. The minimum atomic E-state index is -0.965. The van der Waals surface area contributed by atoms with Crippen LogP contribution in [-0.2, 0) is 11.3 Å². The minimum absolute atomic E-state index is 0.122. The zero-order valence-electron chi connectivity index (χ0n) is 9.30. The fourth-order valence-electron chi connectivity index (χ4n) is 1.78. The maximum absolute atomic E-state index is 11.3. The number of hydrogen-bond donors (Lipinski definition) is 2. The lowest BCUT2D eigenvalue weighted by atomic mass is 10.1. The van der Waals surface area contributed by atoms with Crippen LogP contribution in [0.4, 0.5) is 0 Å². The summed E-state index contributed by atoms with van der Waals surface area (Å²) in [5.41, 5.74) is 0.992. The highest BCUT2D eigenvalue weighted by Gasteiger charge is 2.11. The number of amides is 1. The number of benzene rings is 1. The lowest BCUT2D eigenvalue weighted by molar-refractivity contribution is -0.121. The number of carbonyl (C=O) groups is 2. The first-order valence-corrected chi connectivity index (χ1v) is 5.15. The molecule has 0 fully saturated rings. The summed E-state index contributed by atoms with van der Waals surface area (Å²) in [6.07, 6.45) is 1.71. The van der Waals surface area contributed by atoms with Crippen molar-refractivity contribution in [2.24, 2.45) is 0 Å². The van der Waals surface area contributed by atoms with Gasteiger partial charge in [-0.15, -0.1) is 0 Å². The number of carboxylic acid groups (broad SMARTS) is 1. The Morgan fingerprint density at radius 3 is 2.76 bits per heavy atom. The van der Waals surface area contributed by atoms with Crippen LogP contribution in [0.2, 0.25) is 0 Å². The van der Waals surface area contributed by atoms with Gasteiger partial charge in [0.05, 0.1) is 5.56 Å². The predicted molar refractivity (Wildman–Crippen MR) is 63.0 cm³/mol. The molecule has 2 aromatic rings. The van der Waals surface area contributed by atoms with E-state index < -0.39 is 5.97 Å². The molecule has 0 atom stereocenters. The van der Waals surface area contributed by atoms with Gasteiger partial charge in [-0.25, -0.2) is 4.79 Å². The van der Waals surface area contributed by atoms with Gasteiger partial charge in [0.15, 0.2) is 0 Å². The number of carboxylic acids is 1. The summed E-state index contributed by atoms with van der Waals surface area (Å²) >= 11 is 0. The Bertz CT molecular complexity index is 586. The molecule has 1 aromatic heterocycles. The maximum Gasteiger partial charge on any atom is 0.336 e. The Labute approximate surface area is 97.7 Å². The summed E-state index contributed by atoms with van der Waals surface area (Å²) in [4.78, 5) is 22.3. The second kappa shape index (κ2) is 4.29. The van der Waals surface area contributed by atoms with Gasteiger partial charge in [0.2, 0.25) is 5.91 Å². The van der Waals surface area contributed by atoms with E-state index in [0.29, 0.717) is 5.39 Å². The molecular weight excluding hydrogens is 220 g/mol. The first kappa shape index (κ1) is 11.2. The highest BCUT2D eigenvalue weighted by atomic mass is 16.4. The van der Waals surface area contributed by atoms with Gasteiger partial charge in [0, 0.05) is 24.1 Å². The summed E-state index contributed by atoms with van der Waals surface area (Å²) in [5, 5.41) is 12.2. The van der Waals surface area contributed by atoms with Gasteiger partial charge in [-0.3, -0.25) is 4.79 Å². The van der Waals surface area contributed by atoms with Crippen molar-refractivity contribution in [2.45, 2.75) is 6.54 Å². The first-order chi connectivity index (χ1) is 8.13. The van der Waals surface area contributed by atoms with Crippen molar-refractivity contribution in [1.82, 2.24) is 9.88 Å². The van der Waals surface area contributed by atoms with Crippen LogP contribution >= 0.6 is 0 Å². The summed E-state index contributed by atoms with van der Waals surface area (Å²) in [7, 11) is 1.57. The molecule has 0 saturated heterocycles. The van der Waals surface area contributed by atoms with Crippen LogP contribution in [0.25, 0.3) is 10.9 Å². The van der Waals surface area contributed by atoms with Gasteiger partial charge in [-0.05, 0) is 18.2 Å². The van der Waals surface area contributed by atoms with Gasteiger partial charge in [0.1, 0.15) is 6.54 Å². The molecule has 0 aliphatic heterocycles. The maximum atomic E-state index is 11.3. The molecule has 5 nitrogen and oxygen atoms in total. The van der Waals surface area contributed by atoms with Crippen molar-refractivity contribution in [1.29, 1.82) is 0 Å². The normalized spacial score (nSPS) is 10.4. The molecule has 2 N–H and O–H groups in total. The Kier molecular flexibility index (Phi) is 2.82. The fraction of sp³-hybridized carbons (Fsp3) is 0.167. The quantitative estimate of drug-likeness (QED) is 0.832. The van der Waals surface area contributed by atoms with Gasteiger partial charge < -0.3 is 15.0 Å². The van der Waals surface area contributed by atoms with Crippen LogP contribution in [0.1, 0.15) is 10.4 Å². The Balaban J connectivity index is 2.51. The van der Waals surface area contributed by atoms with E-state index in [1.54, 1.807) is 42.1 Å². The number of aromatic nitrogens is 1. The number of aromatic carboxylic acids is 1. The lowest BCUT2D eigenvalue weighted by Crippen LogP contribution is -2.22. The molecule has 0 aliphatic carbocycles. The number of rotatable bonds is 3. The minimum Gasteiger partial charge on any atom is -0.478 e. The van der Waals surface area contributed by atoms with Gasteiger partial charge in [-0.2, -0.15) is 0 Å². The van der Waals surface area contributed by atoms with E-state index in [1.165, 1.54) is 0 Å². The summed E-state index contributed by atoms with van der Waals surface area (Å²) in [5.74, 6) is -1.09. The molecule has 0 unspecified atom stereocenters. The number of hydrogen-bond acceptors (Lipinski definition) is 2. The molecule has 5 heteroatoms. The summed E-state index contributed by atoms with van der Waals surface area (Å²) < 4.78 is 1.72. The average molecular weight is 232 g/mol. The molecule has 1 amide bonds. The molecule has 2 rings (SSSR count). The molecule has 0 bridgehead atoms. The third-order valence-corrected chi connectivity index (χ3v) is 2.64. The van der Waals surface area contributed by atoms with E-state index in [9.17, 15) is 9.59 Å². The van der Waals surface area contributed by atoms with Crippen molar-refractivity contribution in [3.8, 4) is 0 Å². The van der Waals surface area contributed by atoms with Crippen LogP contribution in [-0.4, -0.2) is 28.6 Å². The molecule has 1 aromatic carbocycles. The Morgan fingerprint density at radius 1 is 1.35 bits per heavy atom. The molecule has 1 heterocycles. The molecular formula is C12H12N2O3. The second-order valence-electron chi connectivity index (χ2n) is 3.66. The van der Waals surface area contributed by atoms with Crippen molar-refractivity contribution in [3.63, 3.8) is 0 Å². The van der Waals surface area contributed by atoms with Gasteiger partial charge >= 0.3 is 5.97 Å². The van der Waals surface area contributed by atoms with E-state index in [2.05, 4.69) is 5.32 Å². The standard InChI is InChI=1S/C12H12N2O3/c1-13-11(15)7-14-6-5-8-9(12(16)17)3-2-4-10(8)14/h2-6H,7H2,1H3,(H,13,15)(H,16,17). The Morgan fingerprint density at radius 2 is 2.12 bits per heavy atom. The zero-order chi connectivity index (χ0) is 12.4. The number of carbonyl (C=O) groups excluding carboxylic acids is 1. The van der Waals surface area contributed by atoms with Crippen LogP contribution in [0, 0.1) is 0 Å². The van der Waals surface area contributed by atoms with Crippen molar-refractivity contribution in [3.05, 3.63) is 36.0 Å². The predicted octanol–water partition coefficient (Wildman–Crippen LogP) is 1.09. The van der Waals surface area contributed by atoms with Crippen LogP contribution in [0.3, 0.4) is 0 Å². The SMILES string of the molecule is CNC(=O)Cn1ccc2c(C(=O)O)cccc21. The summed E-state index contributed by atoms with van der Waals surface area (Å²) in [6.45, 7) is 0.184. The Hall–Kier alpha value is -2.30. The zero-order valence-corrected chi connectivity index (χ0v) is 9.30. The number of likely N-dealkylation sites (N-methyl/N-ethyl adjacent to an activating group) is 1. The van der Waals surface area contributed by atoms with Crippen LogP contribution in [0.15, 0.2) is 30.5 Å². The largest absolute Gasteiger partial charge is 0.478 e. The smallest absolute Gasteiger partial charge is 0.336 e. The highest BCUT2D eigenvalue weighted by Crippen LogP contribution is 2.20. The number of nitrogens with one attached hydrogen (secondary N) is 1. The number of nitrogens with zero attached hydrogens (tertiary/aromatic N) is 1. The van der Waals surface area contributed by atoms with E-state index in [1.807, 2.05) is 0 Å². The van der Waals surface area contributed by atoms with Crippen molar-refractivity contribution in [2.75, 3.05) is 7.05 Å². The van der Waals surface area contributed by atoms with Gasteiger partial charge in [-0.1, -0.05) is 6.07 Å². The van der Waals surface area contributed by atoms with E-state index in [-0.39, 0.29) is 18.0 Å². The molecule has 17 heavy (non-hydrogen) atoms. The molecule has 0 radical (unpaired) electrons. The summed E-state index contributed by atoms with van der Waals surface area (Å²) in [6, 6.07) is 6.73. The molecule has 88 valence electrons. The van der Waals surface area contributed by atoms with E-state index >= 15 is 0 Å². The fourth-order valence-corrected chi connectivity index (χ4v) is 1.78. The molecule has 0 saturated carbocycles. The average Bonchev–Trinajstić information content (AvgIpc) is 2.72. The third-order valence-electron chi connectivity index (χ3n) is 2.64. The van der Waals surface area contributed by atoms with E-state index in [4.69, 9.17) is 5.11 Å². The van der Waals surface area contributed by atoms with E-state index in [0.717, 1.165) is 5.52 Å². The number of fused-ring (bicyclic) bond motifs is 1. The van der Waals surface area contributed by atoms with Crippen molar-refractivity contribution >= 4 is 22.8 Å². The topological polar surface area (TPSA) is 71.3 Å². The van der Waals surface area contributed by atoms with Crippen LogP contribution < -0.4 is 5.32 Å². The molecule has 0 aliphatic rings. The van der Waals surface area contributed by atoms with Gasteiger partial charge in [0.25, 0.3) is 0 Å². The van der Waals surface area contributed by atoms with Crippen molar-refractivity contribution < 1.29 is 14.7 Å². The van der Waals surface area contributed by atoms with Crippen LogP contribution in [0.5, 0.6) is 0 Å². The highest BCUT2D eigenvalue weighted by molar-refractivity contribution is 6.03. The first-order valence-electron chi connectivity index (χ1n) is 5.15. The third kappa shape index (κ3) is 1.99. The monoisotopic (exact) mass is 232 g/mol. The molecule has 0 spiro atoms. The second-order valence-corrected chi connectivity index (χ2v) is 3.66.